The van der Waals surface area contributed by atoms with Crippen LogP contribution in [-0.2, 0) is 19.1 Å². The van der Waals surface area contributed by atoms with Crippen molar-refractivity contribution >= 4 is 11.9 Å². The highest BCUT2D eigenvalue weighted by atomic mass is 16.6. The van der Waals surface area contributed by atoms with Gasteiger partial charge in [-0.1, -0.05) is 57.5 Å². The minimum Gasteiger partial charge on any atom is -0.462 e. The smallest absolute Gasteiger partial charge is 0.324 e. The van der Waals surface area contributed by atoms with Gasteiger partial charge in [-0.3, -0.25) is 9.59 Å². The highest BCUT2D eigenvalue weighted by Gasteiger charge is 2.36. The van der Waals surface area contributed by atoms with Crippen molar-refractivity contribution in [3.05, 3.63) is 35.9 Å². The number of esters is 2. The summed E-state index contributed by atoms with van der Waals surface area (Å²) in [4.78, 5) is 25.6. The van der Waals surface area contributed by atoms with Crippen molar-refractivity contribution in [1.82, 2.24) is 0 Å². The first-order valence-electron chi connectivity index (χ1n) is 11.2. The fourth-order valence-corrected chi connectivity index (χ4v) is 4.33. The van der Waals surface area contributed by atoms with Gasteiger partial charge in [-0.05, 0) is 56.9 Å². The second kappa shape index (κ2) is 10.4. The molecule has 5 nitrogen and oxygen atoms in total. The molecule has 0 amide bonds. The molecule has 0 aliphatic heterocycles. The Morgan fingerprint density at radius 1 is 1.13 bits per heavy atom. The van der Waals surface area contributed by atoms with Crippen LogP contribution in [0.2, 0.25) is 0 Å². The average molecular weight is 418 g/mol. The number of nitrogens with two attached hydrogens (primary N) is 1. The lowest BCUT2D eigenvalue weighted by atomic mass is 9.75. The van der Waals surface area contributed by atoms with Gasteiger partial charge in [0.15, 0.2) is 0 Å². The summed E-state index contributed by atoms with van der Waals surface area (Å²) >= 11 is 0. The molecule has 1 aliphatic rings. The first kappa shape index (κ1) is 24.4. The van der Waals surface area contributed by atoms with Crippen LogP contribution in [0.1, 0.15) is 78.7 Å². The summed E-state index contributed by atoms with van der Waals surface area (Å²) in [7, 11) is 0. The zero-order chi connectivity index (χ0) is 22.5. The summed E-state index contributed by atoms with van der Waals surface area (Å²) in [6.07, 6.45) is 3.13. The first-order valence-corrected chi connectivity index (χ1v) is 11.2. The highest BCUT2D eigenvalue weighted by molar-refractivity contribution is 5.79. The number of hydrogen-bond donors (Lipinski definition) is 1. The van der Waals surface area contributed by atoms with Gasteiger partial charge in [-0.15, -0.1) is 0 Å². The van der Waals surface area contributed by atoms with Gasteiger partial charge < -0.3 is 15.2 Å². The van der Waals surface area contributed by atoms with Gasteiger partial charge in [0.05, 0.1) is 6.42 Å². The van der Waals surface area contributed by atoms with Gasteiger partial charge in [0.2, 0.25) is 0 Å². The Labute approximate surface area is 181 Å². The SMILES string of the molecule is CC(C)[C@@H]1CC[C@@H](C)C[C@H]1OC(=O)C[C@@H](c1ccccc1)[C@@H](N)C(=O)OC(C)(C)C. The van der Waals surface area contributed by atoms with E-state index in [2.05, 4.69) is 20.8 Å². The Kier molecular flexibility index (Phi) is 8.48. The Balaban J connectivity index is 2.15. The number of carbonyl (C=O) groups excluding carboxylic acids is 2. The normalized spacial score (nSPS) is 24.2. The van der Waals surface area contributed by atoms with E-state index >= 15 is 0 Å². The van der Waals surface area contributed by atoms with Gasteiger partial charge in [0.1, 0.15) is 17.7 Å². The molecule has 5 atom stereocenters. The fourth-order valence-electron chi connectivity index (χ4n) is 4.33. The maximum absolute atomic E-state index is 13.0. The van der Waals surface area contributed by atoms with E-state index in [-0.39, 0.29) is 18.5 Å². The van der Waals surface area contributed by atoms with Gasteiger partial charge in [0.25, 0.3) is 0 Å². The molecule has 0 unspecified atom stereocenters. The molecular weight excluding hydrogens is 378 g/mol. The van der Waals surface area contributed by atoms with Crippen molar-refractivity contribution in [2.75, 3.05) is 0 Å². The second-order valence-electron chi connectivity index (χ2n) is 10.1. The Morgan fingerprint density at radius 3 is 2.33 bits per heavy atom. The zero-order valence-electron chi connectivity index (χ0n) is 19.4. The van der Waals surface area contributed by atoms with Crippen LogP contribution >= 0.6 is 0 Å². The molecule has 168 valence electrons. The number of hydrogen-bond acceptors (Lipinski definition) is 5. The predicted molar refractivity (Wildman–Crippen MR) is 119 cm³/mol. The molecule has 1 fully saturated rings. The van der Waals surface area contributed by atoms with E-state index in [9.17, 15) is 9.59 Å². The summed E-state index contributed by atoms with van der Waals surface area (Å²) in [6, 6.07) is 8.50. The van der Waals surface area contributed by atoms with Crippen LogP contribution in [-0.4, -0.2) is 29.7 Å². The zero-order valence-corrected chi connectivity index (χ0v) is 19.4. The maximum Gasteiger partial charge on any atom is 0.324 e. The third-order valence-corrected chi connectivity index (χ3v) is 5.97. The van der Waals surface area contributed by atoms with Gasteiger partial charge >= 0.3 is 11.9 Å². The summed E-state index contributed by atoms with van der Waals surface area (Å²) in [5.74, 6) is 0.0889. The van der Waals surface area contributed by atoms with E-state index in [1.54, 1.807) is 20.8 Å². The standard InChI is InChI=1S/C25H39NO4/c1-16(2)19-13-12-17(3)14-21(19)29-22(27)15-20(18-10-8-7-9-11-18)23(26)24(28)30-25(4,5)6/h7-11,16-17,19-21,23H,12-15,26H2,1-6H3/t17-,19+,20+,21-,23-/m1/s1. The van der Waals surface area contributed by atoms with Crippen molar-refractivity contribution < 1.29 is 19.1 Å². The van der Waals surface area contributed by atoms with Gasteiger partial charge in [-0.2, -0.15) is 0 Å². The van der Waals surface area contributed by atoms with E-state index in [4.69, 9.17) is 15.2 Å². The largest absolute Gasteiger partial charge is 0.462 e. The third kappa shape index (κ3) is 7.12. The van der Waals surface area contributed by atoms with Crippen LogP contribution in [0.3, 0.4) is 0 Å². The van der Waals surface area contributed by atoms with E-state index < -0.39 is 23.5 Å². The van der Waals surface area contributed by atoms with E-state index in [0.717, 1.165) is 18.4 Å². The first-order chi connectivity index (χ1) is 14.0. The molecule has 2 rings (SSSR count). The van der Waals surface area contributed by atoms with Gasteiger partial charge in [-0.25, -0.2) is 0 Å². The number of rotatable bonds is 7. The summed E-state index contributed by atoms with van der Waals surface area (Å²) in [6.45, 7) is 12.0. The van der Waals surface area contributed by atoms with E-state index in [1.807, 2.05) is 30.3 Å². The van der Waals surface area contributed by atoms with E-state index in [1.165, 1.54) is 6.42 Å². The number of ether oxygens (including phenoxy) is 2. The molecule has 0 aromatic heterocycles. The van der Waals surface area contributed by atoms with Gasteiger partial charge in [0, 0.05) is 5.92 Å². The minimum atomic E-state index is -0.939. The molecule has 2 N–H and O–H groups in total. The van der Waals surface area contributed by atoms with Crippen LogP contribution < -0.4 is 5.73 Å². The molecule has 5 heteroatoms. The predicted octanol–water partition coefficient (Wildman–Crippen LogP) is 4.83. The van der Waals surface area contributed by atoms with Crippen molar-refractivity contribution in [2.45, 2.75) is 90.9 Å². The van der Waals surface area contributed by atoms with E-state index in [0.29, 0.717) is 17.8 Å². The van der Waals surface area contributed by atoms with Crippen LogP contribution in [0, 0.1) is 17.8 Å². The fraction of sp³-hybridized carbons (Fsp3) is 0.680. The molecule has 1 aromatic rings. The maximum atomic E-state index is 13.0. The molecule has 30 heavy (non-hydrogen) atoms. The summed E-state index contributed by atoms with van der Waals surface area (Å²) < 4.78 is 11.5. The van der Waals surface area contributed by atoms with Crippen molar-refractivity contribution in [3.8, 4) is 0 Å². The minimum absolute atomic E-state index is 0.0557. The molecule has 0 radical (unpaired) electrons. The molecule has 0 saturated heterocycles. The highest BCUT2D eigenvalue weighted by Crippen LogP contribution is 2.36. The van der Waals surface area contributed by atoms with Crippen LogP contribution in [0.4, 0.5) is 0 Å². The molecular formula is C25H39NO4. The van der Waals surface area contributed by atoms with Crippen LogP contribution in [0.25, 0.3) is 0 Å². The average Bonchev–Trinajstić information content (AvgIpc) is 2.64. The van der Waals surface area contributed by atoms with Crippen molar-refractivity contribution in [3.63, 3.8) is 0 Å². The number of carbonyl (C=O) groups is 2. The molecule has 1 aliphatic carbocycles. The van der Waals surface area contributed by atoms with Crippen molar-refractivity contribution in [2.24, 2.45) is 23.5 Å². The Morgan fingerprint density at radius 2 is 1.77 bits per heavy atom. The molecule has 0 bridgehead atoms. The topological polar surface area (TPSA) is 78.6 Å². The van der Waals surface area contributed by atoms with Crippen molar-refractivity contribution in [1.29, 1.82) is 0 Å². The summed E-state index contributed by atoms with van der Waals surface area (Å²) in [5, 5.41) is 0. The lowest BCUT2D eigenvalue weighted by Crippen LogP contribution is -2.43. The lowest BCUT2D eigenvalue weighted by molar-refractivity contribution is -0.159. The monoisotopic (exact) mass is 417 g/mol. The molecule has 0 heterocycles. The quantitative estimate of drug-likeness (QED) is 0.643. The third-order valence-electron chi connectivity index (χ3n) is 5.97. The Hall–Kier alpha value is -1.88. The van der Waals surface area contributed by atoms with Crippen LogP contribution in [0.5, 0.6) is 0 Å². The molecule has 1 aromatic carbocycles. The lowest BCUT2D eigenvalue weighted by Gasteiger charge is -2.37. The van der Waals surface area contributed by atoms with Crippen LogP contribution in [0.15, 0.2) is 30.3 Å². The molecule has 0 spiro atoms. The summed E-state index contributed by atoms with van der Waals surface area (Å²) in [5.41, 5.74) is 6.50. The Bertz CT molecular complexity index is 695. The number of benzene rings is 1. The second-order valence-corrected chi connectivity index (χ2v) is 10.1. The molecule has 1 saturated carbocycles.